The molecule has 1 aromatic rings. The molecule has 14 heavy (non-hydrogen) atoms. The van der Waals surface area contributed by atoms with Crippen molar-refractivity contribution in [1.82, 2.24) is 8.75 Å². The van der Waals surface area contributed by atoms with Crippen molar-refractivity contribution >= 4 is 29.1 Å². The van der Waals surface area contributed by atoms with E-state index in [0.29, 0.717) is 17.6 Å². The zero-order valence-electron chi connectivity index (χ0n) is 8.12. The maximum atomic E-state index is 5.74. The number of ether oxygens (including phenoxy) is 1. The lowest BCUT2D eigenvalue weighted by molar-refractivity contribution is 0.141. The average Bonchev–Trinajstić information content (AvgIpc) is 2.58. The van der Waals surface area contributed by atoms with Gasteiger partial charge >= 0.3 is 0 Å². The molecule has 1 heterocycles. The van der Waals surface area contributed by atoms with Crippen molar-refractivity contribution in [2.75, 3.05) is 25.1 Å². The minimum atomic E-state index is 0.434. The topological polar surface area (TPSA) is 47.0 Å². The Morgan fingerprint density at radius 1 is 1.43 bits per heavy atom. The smallest absolute Gasteiger partial charge is 0.186 e. The third-order valence-electron chi connectivity index (χ3n) is 1.63. The lowest BCUT2D eigenvalue weighted by Gasteiger charge is -2.04. The van der Waals surface area contributed by atoms with E-state index in [0.717, 1.165) is 37.7 Å². The highest BCUT2D eigenvalue weighted by Gasteiger charge is 2.02. The Morgan fingerprint density at radius 2 is 2.29 bits per heavy atom. The molecular weight excluding hydrogens is 222 g/mol. The Balaban J connectivity index is 2.02. The number of halogens is 1. The Morgan fingerprint density at radius 3 is 2.93 bits per heavy atom. The van der Waals surface area contributed by atoms with Crippen molar-refractivity contribution in [3.8, 4) is 0 Å². The SMILES string of the molecule is CCCCOCCNc1nsnc1Cl. The van der Waals surface area contributed by atoms with Crippen LogP contribution in [0.2, 0.25) is 5.15 Å². The fraction of sp³-hybridized carbons (Fsp3) is 0.750. The summed E-state index contributed by atoms with van der Waals surface area (Å²) in [6.07, 6.45) is 2.27. The number of aromatic nitrogens is 2. The van der Waals surface area contributed by atoms with Gasteiger partial charge in [0, 0.05) is 13.2 Å². The molecule has 0 aliphatic rings. The Bertz CT molecular complexity index is 256. The maximum Gasteiger partial charge on any atom is 0.186 e. The van der Waals surface area contributed by atoms with Crippen LogP contribution in [0.5, 0.6) is 0 Å². The number of nitrogens with one attached hydrogen (secondary N) is 1. The number of unbranched alkanes of at least 4 members (excludes halogenated alkanes) is 1. The van der Waals surface area contributed by atoms with E-state index in [4.69, 9.17) is 16.3 Å². The van der Waals surface area contributed by atoms with Crippen LogP contribution >= 0.6 is 23.3 Å². The molecule has 0 aromatic carbocycles. The van der Waals surface area contributed by atoms with Gasteiger partial charge in [0.2, 0.25) is 0 Å². The number of anilines is 1. The monoisotopic (exact) mass is 235 g/mol. The van der Waals surface area contributed by atoms with E-state index in [2.05, 4.69) is 21.0 Å². The third-order valence-corrected chi connectivity index (χ3v) is 2.52. The summed E-state index contributed by atoms with van der Waals surface area (Å²) in [5.41, 5.74) is 0. The van der Waals surface area contributed by atoms with Crippen molar-refractivity contribution in [2.24, 2.45) is 0 Å². The van der Waals surface area contributed by atoms with Crippen LogP contribution in [0.15, 0.2) is 0 Å². The van der Waals surface area contributed by atoms with E-state index in [-0.39, 0.29) is 0 Å². The fourth-order valence-corrected chi connectivity index (χ4v) is 1.56. The van der Waals surface area contributed by atoms with E-state index in [1.165, 1.54) is 0 Å². The molecule has 0 saturated carbocycles. The molecule has 0 radical (unpaired) electrons. The molecule has 80 valence electrons. The molecule has 6 heteroatoms. The van der Waals surface area contributed by atoms with Gasteiger partial charge in [0.1, 0.15) is 0 Å². The molecule has 0 bridgehead atoms. The van der Waals surface area contributed by atoms with Gasteiger partial charge in [0.15, 0.2) is 11.0 Å². The van der Waals surface area contributed by atoms with Gasteiger partial charge in [-0.2, -0.15) is 8.75 Å². The quantitative estimate of drug-likeness (QED) is 0.738. The van der Waals surface area contributed by atoms with Crippen LogP contribution in [-0.2, 0) is 4.74 Å². The molecule has 0 atom stereocenters. The van der Waals surface area contributed by atoms with Crippen LogP contribution < -0.4 is 5.32 Å². The second kappa shape index (κ2) is 6.98. The summed E-state index contributed by atoms with van der Waals surface area (Å²) in [5.74, 6) is 0.649. The zero-order chi connectivity index (χ0) is 10.2. The summed E-state index contributed by atoms with van der Waals surface area (Å²) in [6.45, 7) is 4.35. The standard InChI is InChI=1S/C8H14ClN3OS/c1-2-3-5-13-6-4-10-8-7(9)11-14-12-8/h2-6H2,1H3,(H,10,12). The van der Waals surface area contributed by atoms with Gasteiger partial charge in [-0.25, -0.2) is 0 Å². The molecule has 0 aliphatic heterocycles. The number of hydrogen-bond acceptors (Lipinski definition) is 5. The van der Waals surface area contributed by atoms with Crippen LogP contribution in [0, 0.1) is 0 Å². The van der Waals surface area contributed by atoms with E-state index in [1.54, 1.807) is 0 Å². The minimum Gasteiger partial charge on any atom is -0.380 e. The summed E-state index contributed by atoms with van der Waals surface area (Å²) in [5, 5.41) is 3.48. The van der Waals surface area contributed by atoms with Crippen molar-refractivity contribution in [3.05, 3.63) is 5.15 Å². The highest BCUT2D eigenvalue weighted by molar-refractivity contribution is 6.99. The minimum absolute atomic E-state index is 0.434. The van der Waals surface area contributed by atoms with Crippen molar-refractivity contribution in [3.63, 3.8) is 0 Å². The molecule has 4 nitrogen and oxygen atoms in total. The first kappa shape index (κ1) is 11.7. The molecule has 0 amide bonds. The fourth-order valence-electron chi connectivity index (χ4n) is 0.873. The summed E-state index contributed by atoms with van der Waals surface area (Å²) in [7, 11) is 0. The van der Waals surface area contributed by atoms with E-state index >= 15 is 0 Å². The van der Waals surface area contributed by atoms with Crippen LogP contribution in [0.1, 0.15) is 19.8 Å². The maximum absolute atomic E-state index is 5.74. The molecule has 1 rings (SSSR count). The van der Waals surface area contributed by atoms with Crippen molar-refractivity contribution in [1.29, 1.82) is 0 Å². The van der Waals surface area contributed by atoms with E-state index < -0.39 is 0 Å². The lowest BCUT2D eigenvalue weighted by Crippen LogP contribution is -2.10. The Hall–Kier alpha value is -0.390. The second-order valence-corrected chi connectivity index (χ2v) is 3.68. The molecule has 1 N–H and O–H groups in total. The molecule has 1 aromatic heterocycles. The molecular formula is C8H14ClN3OS. The molecule has 0 saturated heterocycles. The number of hydrogen-bond donors (Lipinski definition) is 1. The number of nitrogens with zero attached hydrogens (tertiary/aromatic N) is 2. The van der Waals surface area contributed by atoms with Gasteiger partial charge in [0.05, 0.1) is 18.3 Å². The normalized spacial score (nSPS) is 10.4. The average molecular weight is 236 g/mol. The van der Waals surface area contributed by atoms with Crippen LogP contribution in [0.4, 0.5) is 5.82 Å². The largest absolute Gasteiger partial charge is 0.380 e. The molecule has 0 aliphatic carbocycles. The van der Waals surface area contributed by atoms with Crippen molar-refractivity contribution < 1.29 is 4.74 Å². The first-order valence-electron chi connectivity index (χ1n) is 4.64. The first-order chi connectivity index (χ1) is 6.84. The lowest BCUT2D eigenvalue weighted by atomic mass is 10.4. The van der Waals surface area contributed by atoms with E-state index in [9.17, 15) is 0 Å². The van der Waals surface area contributed by atoms with Gasteiger partial charge in [-0.3, -0.25) is 0 Å². The van der Waals surface area contributed by atoms with Gasteiger partial charge < -0.3 is 10.1 Å². The molecule has 0 fully saturated rings. The highest BCUT2D eigenvalue weighted by Crippen LogP contribution is 2.16. The molecule has 0 unspecified atom stereocenters. The van der Waals surface area contributed by atoms with Gasteiger partial charge in [-0.1, -0.05) is 24.9 Å². The predicted octanol–water partition coefficient (Wildman–Crippen LogP) is 2.42. The third kappa shape index (κ3) is 4.21. The van der Waals surface area contributed by atoms with Gasteiger partial charge in [-0.05, 0) is 6.42 Å². The predicted molar refractivity (Wildman–Crippen MR) is 59.1 cm³/mol. The zero-order valence-corrected chi connectivity index (χ0v) is 9.70. The number of rotatable bonds is 7. The summed E-state index contributed by atoms with van der Waals surface area (Å²) < 4.78 is 13.2. The van der Waals surface area contributed by atoms with E-state index in [1.807, 2.05) is 0 Å². The second-order valence-electron chi connectivity index (χ2n) is 2.80. The summed E-state index contributed by atoms with van der Waals surface area (Å²) >= 11 is 6.84. The van der Waals surface area contributed by atoms with Gasteiger partial charge in [-0.15, -0.1) is 0 Å². The van der Waals surface area contributed by atoms with Crippen LogP contribution in [0.3, 0.4) is 0 Å². The Kier molecular flexibility index (Phi) is 5.82. The Labute approximate surface area is 92.9 Å². The van der Waals surface area contributed by atoms with Crippen LogP contribution in [-0.4, -0.2) is 28.5 Å². The van der Waals surface area contributed by atoms with Crippen molar-refractivity contribution in [2.45, 2.75) is 19.8 Å². The first-order valence-corrected chi connectivity index (χ1v) is 5.75. The highest BCUT2D eigenvalue weighted by atomic mass is 35.5. The summed E-state index contributed by atoms with van der Waals surface area (Å²) in [4.78, 5) is 0. The van der Waals surface area contributed by atoms with Crippen LogP contribution in [0.25, 0.3) is 0 Å². The molecule has 0 spiro atoms. The van der Waals surface area contributed by atoms with Gasteiger partial charge in [0.25, 0.3) is 0 Å². The summed E-state index contributed by atoms with van der Waals surface area (Å²) in [6, 6.07) is 0.